The van der Waals surface area contributed by atoms with Crippen molar-refractivity contribution >= 4 is 21.6 Å². The van der Waals surface area contributed by atoms with Gasteiger partial charge in [0.05, 0.1) is 13.7 Å². The minimum Gasteiger partial charge on any atom is -0.495 e. The topological polar surface area (TPSA) is 119 Å². The first-order chi connectivity index (χ1) is 18.0. The number of sulfonamides is 1. The maximum absolute atomic E-state index is 14.6. The number of rotatable bonds is 7. The van der Waals surface area contributed by atoms with E-state index in [0.29, 0.717) is 22.4 Å². The monoisotopic (exact) mass is 542 g/mol. The van der Waals surface area contributed by atoms with E-state index in [9.17, 15) is 31.5 Å². The molecule has 0 aromatic heterocycles. The Morgan fingerprint density at radius 1 is 0.895 bits per heavy atom. The van der Waals surface area contributed by atoms with Crippen molar-refractivity contribution in [2.75, 3.05) is 12.4 Å². The van der Waals surface area contributed by atoms with Gasteiger partial charge in [-0.2, -0.15) is 0 Å². The Morgan fingerprint density at radius 2 is 1.55 bits per heavy atom. The summed E-state index contributed by atoms with van der Waals surface area (Å²) in [7, 11) is -2.83. The van der Waals surface area contributed by atoms with Crippen molar-refractivity contribution in [2.45, 2.75) is 11.5 Å². The standard InChI is InChI=1S/C27H21F3N2O5S/c1-37-23-13-15(6-11-24(23)38(31,35)36)27(34)32-17-7-8-18(16(12-17)14-33)19-4-2-3-5-20(19)21-9-10-22(28)26(30)25(21)29/h2-13,33H,14H2,1H3,(H,32,34)(H2,31,35,36). The molecule has 7 nitrogen and oxygen atoms in total. The number of primary sulfonamides is 1. The number of hydrogen-bond donors (Lipinski definition) is 3. The second-order valence-electron chi connectivity index (χ2n) is 8.16. The van der Waals surface area contributed by atoms with E-state index in [-0.39, 0.29) is 27.3 Å². The van der Waals surface area contributed by atoms with E-state index in [1.54, 1.807) is 36.4 Å². The second-order valence-corrected chi connectivity index (χ2v) is 9.69. The Bertz CT molecular complexity index is 1660. The van der Waals surface area contributed by atoms with Gasteiger partial charge < -0.3 is 15.2 Å². The predicted molar refractivity (Wildman–Crippen MR) is 135 cm³/mol. The fraction of sp³-hybridized carbons (Fsp3) is 0.0741. The van der Waals surface area contributed by atoms with Gasteiger partial charge in [-0.15, -0.1) is 0 Å². The number of halogens is 3. The van der Waals surface area contributed by atoms with Gasteiger partial charge in [0.15, 0.2) is 17.5 Å². The zero-order valence-corrected chi connectivity index (χ0v) is 20.7. The first-order valence-electron chi connectivity index (χ1n) is 11.0. The van der Waals surface area contributed by atoms with Gasteiger partial charge >= 0.3 is 0 Å². The van der Waals surface area contributed by atoms with E-state index in [4.69, 9.17) is 9.88 Å². The molecule has 0 aliphatic heterocycles. The summed E-state index contributed by atoms with van der Waals surface area (Å²) in [5.41, 5.74) is 1.79. The van der Waals surface area contributed by atoms with Crippen molar-refractivity contribution in [1.29, 1.82) is 0 Å². The predicted octanol–water partition coefficient (Wildman–Crippen LogP) is 4.84. The van der Waals surface area contributed by atoms with Gasteiger partial charge in [-0.25, -0.2) is 26.7 Å². The van der Waals surface area contributed by atoms with E-state index >= 15 is 0 Å². The van der Waals surface area contributed by atoms with Crippen molar-refractivity contribution in [3.05, 3.63) is 101 Å². The van der Waals surface area contributed by atoms with E-state index in [2.05, 4.69) is 5.32 Å². The number of aliphatic hydroxyl groups is 1. The summed E-state index contributed by atoms with van der Waals surface area (Å²) in [6.45, 7) is -0.454. The number of hydrogen-bond acceptors (Lipinski definition) is 5. The lowest BCUT2D eigenvalue weighted by Gasteiger charge is -2.16. The number of anilines is 1. The molecule has 0 unspecified atom stereocenters. The summed E-state index contributed by atoms with van der Waals surface area (Å²) in [6.07, 6.45) is 0. The van der Waals surface area contributed by atoms with Crippen LogP contribution in [0.25, 0.3) is 22.3 Å². The molecule has 1 amide bonds. The van der Waals surface area contributed by atoms with Crippen LogP contribution < -0.4 is 15.2 Å². The molecule has 11 heteroatoms. The number of methoxy groups -OCH3 is 1. The third-order valence-electron chi connectivity index (χ3n) is 5.81. The van der Waals surface area contributed by atoms with Gasteiger partial charge in [-0.3, -0.25) is 4.79 Å². The molecule has 196 valence electrons. The van der Waals surface area contributed by atoms with Crippen LogP contribution in [0, 0.1) is 17.5 Å². The van der Waals surface area contributed by atoms with E-state index in [1.807, 2.05) is 0 Å². The third kappa shape index (κ3) is 5.25. The molecule has 4 aromatic rings. The third-order valence-corrected chi connectivity index (χ3v) is 6.76. The summed E-state index contributed by atoms with van der Waals surface area (Å²) in [5.74, 6) is -4.93. The van der Waals surface area contributed by atoms with Crippen molar-refractivity contribution in [3.8, 4) is 28.0 Å². The van der Waals surface area contributed by atoms with Gasteiger partial charge in [0.25, 0.3) is 5.91 Å². The van der Waals surface area contributed by atoms with Gasteiger partial charge in [-0.05, 0) is 64.7 Å². The molecular weight excluding hydrogens is 521 g/mol. The summed E-state index contributed by atoms with van der Waals surface area (Å²) in [4.78, 5) is 12.5. The zero-order chi connectivity index (χ0) is 27.6. The van der Waals surface area contributed by atoms with Gasteiger partial charge in [0, 0.05) is 16.8 Å². The van der Waals surface area contributed by atoms with Gasteiger partial charge in [-0.1, -0.05) is 30.3 Å². The Labute approximate surface area is 216 Å². The highest BCUT2D eigenvalue weighted by atomic mass is 32.2. The van der Waals surface area contributed by atoms with Crippen LogP contribution in [-0.2, 0) is 16.6 Å². The number of carbonyl (C=O) groups excluding carboxylic acids is 1. The fourth-order valence-electron chi connectivity index (χ4n) is 4.00. The average molecular weight is 543 g/mol. The van der Waals surface area contributed by atoms with Crippen LogP contribution in [0.15, 0.2) is 77.7 Å². The molecule has 4 N–H and O–H groups in total. The van der Waals surface area contributed by atoms with Crippen molar-refractivity contribution in [1.82, 2.24) is 0 Å². The van der Waals surface area contributed by atoms with Crippen molar-refractivity contribution in [3.63, 3.8) is 0 Å². The summed E-state index contributed by atoms with van der Waals surface area (Å²) >= 11 is 0. The first-order valence-corrected chi connectivity index (χ1v) is 12.6. The number of nitrogens with one attached hydrogen (secondary N) is 1. The molecular formula is C27H21F3N2O5S. The lowest BCUT2D eigenvalue weighted by Crippen LogP contribution is -2.16. The highest BCUT2D eigenvalue weighted by molar-refractivity contribution is 7.89. The van der Waals surface area contributed by atoms with Crippen LogP contribution in [0.4, 0.5) is 18.9 Å². The molecule has 0 spiro atoms. The molecule has 0 radical (unpaired) electrons. The first kappa shape index (κ1) is 26.9. The SMILES string of the molecule is COc1cc(C(=O)Nc2ccc(-c3ccccc3-c3ccc(F)c(F)c3F)c(CO)c2)ccc1S(N)(=O)=O. The van der Waals surface area contributed by atoms with Crippen LogP contribution in [0.2, 0.25) is 0 Å². The highest BCUT2D eigenvalue weighted by Crippen LogP contribution is 2.37. The van der Waals surface area contributed by atoms with Crippen LogP contribution in [0.1, 0.15) is 15.9 Å². The molecule has 38 heavy (non-hydrogen) atoms. The number of nitrogens with two attached hydrogens (primary N) is 1. The van der Waals surface area contributed by atoms with Crippen molar-refractivity contribution in [2.24, 2.45) is 5.14 Å². The molecule has 0 saturated heterocycles. The Balaban J connectivity index is 1.69. The average Bonchev–Trinajstić information content (AvgIpc) is 2.91. The molecule has 4 rings (SSSR count). The Morgan fingerprint density at radius 3 is 2.18 bits per heavy atom. The molecule has 0 aliphatic carbocycles. The smallest absolute Gasteiger partial charge is 0.255 e. The largest absolute Gasteiger partial charge is 0.495 e. The van der Waals surface area contributed by atoms with Crippen LogP contribution >= 0.6 is 0 Å². The van der Waals surface area contributed by atoms with Gasteiger partial charge in [0.1, 0.15) is 10.6 Å². The molecule has 0 aliphatic rings. The lowest BCUT2D eigenvalue weighted by atomic mass is 9.91. The number of aliphatic hydroxyl groups excluding tert-OH is 1. The number of amides is 1. The van der Waals surface area contributed by atoms with Gasteiger partial charge in [0.2, 0.25) is 10.0 Å². The molecule has 0 saturated carbocycles. The quantitative estimate of drug-likeness (QED) is 0.289. The van der Waals surface area contributed by atoms with E-state index in [1.165, 1.54) is 25.3 Å². The highest BCUT2D eigenvalue weighted by Gasteiger charge is 2.20. The maximum atomic E-state index is 14.6. The normalized spacial score (nSPS) is 11.3. The lowest BCUT2D eigenvalue weighted by molar-refractivity contribution is 0.102. The van der Waals surface area contributed by atoms with Crippen LogP contribution in [-0.4, -0.2) is 26.5 Å². The van der Waals surface area contributed by atoms with Crippen molar-refractivity contribution < 1.29 is 36.2 Å². The number of ether oxygens (including phenoxy) is 1. The molecule has 0 bridgehead atoms. The van der Waals surface area contributed by atoms with Crippen LogP contribution in [0.5, 0.6) is 5.75 Å². The van der Waals surface area contributed by atoms with E-state index < -0.39 is 40.0 Å². The minimum atomic E-state index is -4.07. The Kier molecular flexibility index (Phi) is 7.53. The number of carbonyl (C=O) groups is 1. The summed E-state index contributed by atoms with van der Waals surface area (Å²) in [6, 6.07) is 16.7. The molecule has 0 atom stereocenters. The minimum absolute atomic E-state index is 0.0861. The summed E-state index contributed by atoms with van der Waals surface area (Å²) in [5, 5.41) is 17.9. The Hall–Kier alpha value is -4.19. The maximum Gasteiger partial charge on any atom is 0.255 e. The van der Waals surface area contributed by atoms with Crippen LogP contribution in [0.3, 0.4) is 0 Å². The number of benzene rings is 4. The molecule has 0 fully saturated rings. The summed E-state index contributed by atoms with van der Waals surface area (Å²) < 4.78 is 70.4. The molecule has 4 aromatic carbocycles. The second kappa shape index (κ2) is 10.7. The molecule has 0 heterocycles. The zero-order valence-electron chi connectivity index (χ0n) is 19.8. The van der Waals surface area contributed by atoms with E-state index in [0.717, 1.165) is 18.2 Å². The fourth-order valence-corrected chi connectivity index (χ4v) is 4.68.